The molecular weight excluding hydrogens is 581 g/mol. The smallest absolute Gasteiger partial charge is 0.254 e. The maximum atomic E-state index is 14.7. The van der Waals surface area contributed by atoms with E-state index >= 15 is 0 Å². The first-order valence-corrected chi connectivity index (χ1v) is 15.7. The summed E-state index contributed by atoms with van der Waals surface area (Å²) in [5.74, 6) is -0.488. The molecule has 0 bridgehead atoms. The van der Waals surface area contributed by atoms with Gasteiger partial charge in [0.1, 0.15) is 11.4 Å². The average molecular weight is 614 g/mol. The maximum Gasteiger partial charge on any atom is 0.254 e. The van der Waals surface area contributed by atoms with Gasteiger partial charge in [-0.05, 0) is 97.8 Å². The number of carbonyl (C=O) groups excluding carboxylic acids is 1. The van der Waals surface area contributed by atoms with Crippen molar-refractivity contribution in [3.05, 3.63) is 113 Å². The van der Waals surface area contributed by atoms with E-state index < -0.39 is 5.95 Å². The number of fused-ring (bicyclic) bond motifs is 2. The minimum absolute atomic E-state index is 0.0361. The summed E-state index contributed by atoms with van der Waals surface area (Å²) in [6.45, 7) is 3.91. The van der Waals surface area contributed by atoms with E-state index in [0.717, 1.165) is 53.4 Å². The minimum atomic E-state index is -0.524. The summed E-state index contributed by atoms with van der Waals surface area (Å²) in [6, 6.07) is 23.2. The Morgan fingerprint density at radius 1 is 1.00 bits per heavy atom. The van der Waals surface area contributed by atoms with Crippen LogP contribution in [0, 0.1) is 12.9 Å². The molecule has 0 N–H and O–H groups in total. The first-order chi connectivity index (χ1) is 22.5. The Bertz CT molecular complexity index is 2080. The van der Waals surface area contributed by atoms with Crippen LogP contribution in [0.25, 0.3) is 39.1 Å². The normalized spacial score (nSPS) is 16.5. The first-order valence-electron chi connectivity index (χ1n) is 15.7. The number of benzene rings is 3. The highest BCUT2D eigenvalue weighted by atomic mass is 19.1. The quantitative estimate of drug-likeness (QED) is 0.201. The third-order valence-electron chi connectivity index (χ3n) is 8.99. The molecule has 0 radical (unpaired) electrons. The zero-order valence-electron chi connectivity index (χ0n) is 25.4. The molecule has 2 aliphatic rings. The van der Waals surface area contributed by atoms with Gasteiger partial charge in [0, 0.05) is 42.4 Å². The van der Waals surface area contributed by atoms with Crippen molar-refractivity contribution < 1.29 is 13.9 Å². The van der Waals surface area contributed by atoms with Crippen molar-refractivity contribution in [2.45, 2.75) is 45.4 Å². The van der Waals surface area contributed by atoms with Crippen LogP contribution in [-0.2, 0) is 17.7 Å². The number of carbonyl (C=O) groups is 1. The van der Waals surface area contributed by atoms with Crippen LogP contribution in [0.2, 0.25) is 0 Å². The molecule has 0 spiro atoms. The Morgan fingerprint density at radius 2 is 1.89 bits per heavy atom. The fourth-order valence-electron chi connectivity index (χ4n) is 6.47. The van der Waals surface area contributed by atoms with Crippen molar-refractivity contribution in [1.29, 1.82) is 0 Å². The highest BCUT2D eigenvalue weighted by Crippen LogP contribution is 2.35. The third kappa shape index (κ3) is 5.14. The van der Waals surface area contributed by atoms with E-state index in [-0.39, 0.29) is 12.1 Å². The number of aromatic nitrogens is 6. The van der Waals surface area contributed by atoms with Crippen molar-refractivity contribution in [3.8, 4) is 28.2 Å². The highest BCUT2D eigenvalue weighted by molar-refractivity contribution is 5.96. The summed E-state index contributed by atoms with van der Waals surface area (Å²) in [7, 11) is 0. The van der Waals surface area contributed by atoms with Gasteiger partial charge in [0.25, 0.3) is 5.91 Å². The summed E-state index contributed by atoms with van der Waals surface area (Å²) in [6.07, 6.45) is 6.86. The molecule has 0 saturated carbocycles. The lowest BCUT2D eigenvalue weighted by atomic mass is 9.98. The molecule has 1 unspecified atom stereocenters. The van der Waals surface area contributed by atoms with Gasteiger partial charge in [-0.25, -0.2) is 14.3 Å². The summed E-state index contributed by atoms with van der Waals surface area (Å²) in [4.78, 5) is 19.0. The van der Waals surface area contributed by atoms with Crippen LogP contribution >= 0.6 is 0 Å². The Balaban J connectivity index is 1.14. The molecule has 3 aromatic heterocycles. The fourth-order valence-corrected chi connectivity index (χ4v) is 6.47. The molecule has 6 aromatic rings. The second-order valence-electron chi connectivity index (χ2n) is 12.0. The lowest BCUT2D eigenvalue weighted by molar-refractivity contribution is -0.0365. The van der Waals surface area contributed by atoms with Crippen molar-refractivity contribution >= 4 is 16.8 Å². The number of amides is 1. The van der Waals surface area contributed by atoms with Gasteiger partial charge in [-0.3, -0.25) is 4.79 Å². The largest absolute Gasteiger partial charge is 0.356 e. The Hall–Kier alpha value is -5.22. The number of nitrogens with zero attached hydrogens (tertiary/aromatic N) is 7. The molecule has 46 heavy (non-hydrogen) atoms. The van der Waals surface area contributed by atoms with Crippen molar-refractivity contribution in [2.75, 3.05) is 13.2 Å². The lowest BCUT2D eigenvalue weighted by Crippen LogP contribution is -2.36. The molecule has 3 aromatic carbocycles. The van der Waals surface area contributed by atoms with Crippen molar-refractivity contribution in [2.24, 2.45) is 0 Å². The number of hydrogen-bond acceptors (Lipinski definition) is 6. The van der Waals surface area contributed by atoms with Gasteiger partial charge in [0.15, 0.2) is 6.23 Å². The number of pyridine rings is 1. The predicted molar refractivity (Wildman–Crippen MR) is 172 cm³/mol. The third-order valence-corrected chi connectivity index (χ3v) is 8.99. The van der Waals surface area contributed by atoms with E-state index in [0.29, 0.717) is 47.8 Å². The van der Waals surface area contributed by atoms with Gasteiger partial charge < -0.3 is 9.64 Å². The fraction of sp³-hybridized carbons (Fsp3) is 0.250. The molecular formula is C36H32FN7O2. The SMILES string of the molecule is Cc1ccc(C(=O)N2CCc3ccc(-n4cc(-c5nn(C6CCCCO6)c6ccc(-c7cccnc7F)cc56)nn4)cc3C2)cc1. The van der Waals surface area contributed by atoms with Crippen molar-refractivity contribution in [1.82, 2.24) is 34.7 Å². The maximum absolute atomic E-state index is 14.7. The molecule has 8 rings (SSSR count). The molecule has 2 aliphatic heterocycles. The van der Waals surface area contributed by atoms with Crippen LogP contribution in [0.15, 0.2) is 85.2 Å². The van der Waals surface area contributed by atoms with Gasteiger partial charge in [-0.15, -0.1) is 5.10 Å². The number of ether oxygens (including phenoxy) is 1. The molecule has 10 heteroatoms. The van der Waals surface area contributed by atoms with Gasteiger partial charge in [-0.2, -0.15) is 9.49 Å². The summed E-state index contributed by atoms with van der Waals surface area (Å²) < 4.78 is 24.4. The van der Waals surface area contributed by atoms with Crippen LogP contribution in [0.5, 0.6) is 0 Å². The van der Waals surface area contributed by atoms with Gasteiger partial charge in [0.2, 0.25) is 5.95 Å². The summed E-state index contributed by atoms with van der Waals surface area (Å²) >= 11 is 0. The van der Waals surface area contributed by atoms with E-state index in [1.165, 1.54) is 11.8 Å². The second-order valence-corrected chi connectivity index (χ2v) is 12.0. The molecule has 1 atom stereocenters. The Morgan fingerprint density at radius 3 is 2.72 bits per heavy atom. The molecule has 1 saturated heterocycles. The van der Waals surface area contributed by atoms with E-state index in [1.807, 2.05) is 71.2 Å². The number of aryl methyl sites for hydroxylation is 1. The van der Waals surface area contributed by atoms with Crippen LogP contribution in [0.3, 0.4) is 0 Å². The van der Waals surface area contributed by atoms with E-state index in [9.17, 15) is 9.18 Å². The minimum Gasteiger partial charge on any atom is -0.356 e. The molecule has 230 valence electrons. The Kier molecular flexibility index (Phi) is 7.14. The molecule has 1 fully saturated rings. The highest BCUT2D eigenvalue weighted by Gasteiger charge is 2.25. The number of rotatable bonds is 5. The molecule has 9 nitrogen and oxygen atoms in total. The van der Waals surface area contributed by atoms with E-state index in [1.54, 1.807) is 16.8 Å². The topological polar surface area (TPSA) is 91.0 Å². The average Bonchev–Trinajstić information content (AvgIpc) is 3.74. The molecule has 0 aliphatic carbocycles. The zero-order valence-corrected chi connectivity index (χ0v) is 25.4. The van der Waals surface area contributed by atoms with Crippen LogP contribution in [0.4, 0.5) is 4.39 Å². The van der Waals surface area contributed by atoms with Gasteiger partial charge in [0.05, 0.1) is 17.4 Å². The zero-order chi connectivity index (χ0) is 31.2. The molecule has 5 heterocycles. The van der Waals surface area contributed by atoms with Crippen molar-refractivity contribution in [3.63, 3.8) is 0 Å². The van der Waals surface area contributed by atoms with Gasteiger partial charge >= 0.3 is 0 Å². The Labute approximate surface area is 265 Å². The van der Waals surface area contributed by atoms with Crippen LogP contribution in [-0.4, -0.2) is 53.7 Å². The van der Waals surface area contributed by atoms with E-state index in [4.69, 9.17) is 9.84 Å². The van der Waals surface area contributed by atoms with Crippen LogP contribution < -0.4 is 0 Å². The summed E-state index contributed by atoms with van der Waals surface area (Å²) in [5, 5.41) is 14.9. The van der Waals surface area contributed by atoms with Gasteiger partial charge in [-0.1, -0.05) is 35.0 Å². The number of hydrogen-bond donors (Lipinski definition) is 0. The molecule has 1 amide bonds. The predicted octanol–water partition coefficient (Wildman–Crippen LogP) is 6.69. The van der Waals surface area contributed by atoms with Crippen LogP contribution in [0.1, 0.15) is 52.5 Å². The second kappa shape index (κ2) is 11.6. The summed E-state index contributed by atoms with van der Waals surface area (Å²) in [5.41, 5.74) is 8.24. The first kappa shape index (κ1) is 28.3. The van der Waals surface area contributed by atoms with E-state index in [2.05, 4.69) is 27.4 Å². The standard InChI is InChI=1S/C36H32FN7O2/c1-23-7-9-25(10-8-23)36(45)42-17-15-24-11-13-28(19-27(24)21-42)43-22-31(39-41-43)34-30-20-26(29-5-4-16-38-35(29)37)12-14-32(30)44(40-34)33-6-2-3-18-46-33/h4-5,7-14,16,19-20,22,33H,2-3,6,15,17-18,21H2,1H3. The monoisotopic (exact) mass is 613 g/mol. The lowest BCUT2D eigenvalue weighted by Gasteiger charge is -2.29. The number of halogens is 1.